The molecule has 0 bridgehead atoms. The van der Waals surface area contributed by atoms with Gasteiger partial charge in [-0.1, -0.05) is 67.6 Å². The Morgan fingerprint density at radius 3 is 2.52 bits per heavy atom. The molecule has 0 aromatic heterocycles. The minimum Gasteiger partial charge on any atom is -0.376 e. The highest BCUT2D eigenvalue weighted by atomic mass is 16.5. The molecule has 1 saturated heterocycles. The molecule has 0 saturated carbocycles. The summed E-state index contributed by atoms with van der Waals surface area (Å²) in [5.41, 5.74) is 4.94. The predicted octanol–water partition coefficient (Wildman–Crippen LogP) is 4.54. The van der Waals surface area contributed by atoms with Crippen molar-refractivity contribution in [2.45, 2.75) is 19.4 Å². The summed E-state index contributed by atoms with van der Waals surface area (Å²) in [6, 6.07) is 21.4. The first-order chi connectivity index (χ1) is 12.4. The fraction of sp³-hybridized carbons (Fsp3) is 0.318. The van der Waals surface area contributed by atoms with Gasteiger partial charge >= 0.3 is 0 Å². The number of ether oxygens (including phenoxy) is 1. The zero-order valence-electron chi connectivity index (χ0n) is 14.6. The summed E-state index contributed by atoms with van der Waals surface area (Å²) < 4.78 is 5.97. The molecule has 2 aliphatic heterocycles. The second-order valence-electron chi connectivity index (χ2n) is 6.71. The van der Waals surface area contributed by atoms with Crippen molar-refractivity contribution in [1.82, 2.24) is 5.01 Å². The number of benzene rings is 2. The lowest BCUT2D eigenvalue weighted by molar-refractivity contribution is 0.0950. The Morgan fingerprint density at radius 2 is 1.80 bits per heavy atom. The molecule has 3 nitrogen and oxygen atoms in total. The van der Waals surface area contributed by atoms with E-state index >= 15 is 0 Å². The lowest BCUT2D eigenvalue weighted by Crippen LogP contribution is -2.33. The van der Waals surface area contributed by atoms with E-state index in [-0.39, 0.29) is 6.04 Å². The van der Waals surface area contributed by atoms with E-state index in [2.05, 4.69) is 72.6 Å². The van der Waals surface area contributed by atoms with E-state index in [1.165, 1.54) is 22.4 Å². The van der Waals surface area contributed by atoms with Crippen LogP contribution >= 0.6 is 0 Å². The monoisotopic (exact) mass is 332 g/mol. The van der Waals surface area contributed by atoms with Gasteiger partial charge in [0, 0.05) is 12.1 Å². The van der Waals surface area contributed by atoms with Crippen LogP contribution in [-0.2, 0) is 4.74 Å². The molecule has 3 heteroatoms. The molecular formula is C22H24N2O. The lowest BCUT2D eigenvalue weighted by atomic mass is 9.85. The van der Waals surface area contributed by atoms with E-state index in [4.69, 9.17) is 9.84 Å². The smallest absolute Gasteiger partial charge is 0.0826 e. The number of hydrazone groups is 1. The van der Waals surface area contributed by atoms with Crippen LogP contribution in [0.4, 0.5) is 0 Å². The normalized spacial score (nSPS) is 24.3. The Labute approximate surface area is 149 Å². The molecule has 2 heterocycles. The van der Waals surface area contributed by atoms with Crippen molar-refractivity contribution >= 4 is 11.8 Å². The highest BCUT2D eigenvalue weighted by Crippen LogP contribution is 2.40. The van der Waals surface area contributed by atoms with Gasteiger partial charge in [-0.3, -0.25) is 5.01 Å². The fourth-order valence-corrected chi connectivity index (χ4v) is 3.81. The summed E-state index contributed by atoms with van der Waals surface area (Å²) in [4.78, 5) is 0. The van der Waals surface area contributed by atoms with Crippen LogP contribution in [-0.4, -0.2) is 30.5 Å². The second-order valence-corrected chi connectivity index (χ2v) is 6.71. The Morgan fingerprint density at radius 1 is 1.08 bits per heavy atom. The molecule has 0 aliphatic carbocycles. The third kappa shape index (κ3) is 3.24. The molecule has 0 spiro atoms. The first kappa shape index (κ1) is 16.1. The molecule has 0 N–H and O–H groups in total. The Bertz CT molecular complexity index is 767. The fourth-order valence-electron chi connectivity index (χ4n) is 3.81. The first-order valence-electron chi connectivity index (χ1n) is 9.10. The van der Waals surface area contributed by atoms with Crippen LogP contribution in [0.25, 0.3) is 6.08 Å². The van der Waals surface area contributed by atoms with Gasteiger partial charge in [0.15, 0.2) is 0 Å². The number of fused-ring (bicyclic) bond motifs is 1. The van der Waals surface area contributed by atoms with Crippen molar-refractivity contribution in [2.24, 2.45) is 11.0 Å². The Balaban J connectivity index is 1.70. The number of hydrogen-bond acceptors (Lipinski definition) is 3. The molecule has 0 radical (unpaired) electrons. The molecule has 2 atom stereocenters. The van der Waals surface area contributed by atoms with Gasteiger partial charge in [-0.2, -0.15) is 5.10 Å². The van der Waals surface area contributed by atoms with Gasteiger partial charge in [-0.05, 0) is 23.6 Å². The van der Waals surface area contributed by atoms with Crippen molar-refractivity contribution in [3.63, 3.8) is 0 Å². The molecule has 2 aliphatic rings. The first-order valence-corrected chi connectivity index (χ1v) is 9.10. The summed E-state index contributed by atoms with van der Waals surface area (Å²) >= 11 is 0. The van der Waals surface area contributed by atoms with E-state index < -0.39 is 0 Å². The number of rotatable bonds is 4. The summed E-state index contributed by atoms with van der Waals surface area (Å²) in [6.07, 6.45) is 3.31. The largest absolute Gasteiger partial charge is 0.376 e. The van der Waals surface area contributed by atoms with Crippen LogP contribution in [0.5, 0.6) is 0 Å². The van der Waals surface area contributed by atoms with E-state index in [1.807, 2.05) is 6.07 Å². The molecule has 128 valence electrons. The minimum atomic E-state index is 0.274. The third-order valence-electron chi connectivity index (χ3n) is 4.91. The molecule has 4 rings (SSSR count). The van der Waals surface area contributed by atoms with E-state index in [0.29, 0.717) is 12.5 Å². The number of hydrogen-bond donors (Lipinski definition) is 0. The second kappa shape index (κ2) is 7.24. The van der Waals surface area contributed by atoms with Crippen molar-refractivity contribution in [2.75, 3.05) is 19.8 Å². The molecule has 0 amide bonds. The molecule has 1 fully saturated rings. The molecule has 2 aromatic carbocycles. The molecule has 2 unspecified atom stereocenters. The van der Waals surface area contributed by atoms with Crippen LogP contribution < -0.4 is 0 Å². The zero-order valence-corrected chi connectivity index (χ0v) is 14.6. The summed E-state index contributed by atoms with van der Waals surface area (Å²) in [5, 5.41) is 7.30. The quantitative estimate of drug-likeness (QED) is 0.821. The minimum absolute atomic E-state index is 0.274. The van der Waals surface area contributed by atoms with Crippen LogP contribution in [0, 0.1) is 5.92 Å². The van der Waals surface area contributed by atoms with E-state index in [1.54, 1.807) is 0 Å². The summed E-state index contributed by atoms with van der Waals surface area (Å²) in [7, 11) is 0. The maximum atomic E-state index is 5.97. The van der Waals surface area contributed by atoms with Gasteiger partial charge in [-0.15, -0.1) is 0 Å². The van der Waals surface area contributed by atoms with Gasteiger partial charge in [0.2, 0.25) is 0 Å². The van der Waals surface area contributed by atoms with E-state index in [0.717, 1.165) is 19.6 Å². The third-order valence-corrected chi connectivity index (χ3v) is 4.91. The van der Waals surface area contributed by atoms with Crippen LogP contribution in [0.15, 0.2) is 71.3 Å². The Kier molecular flexibility index (Phi) is 4.66. The maximum absolute atomic E-state index is 5.97. The topological polar surface area (TPSA) is 24.8 Å². The van der Waals surface area contributed by atoms with Crippen molar-refractivity contribution < 1.29 is 4.74 Å². The average molecular weight is 332 g/mol. The average Bonchev–Trinajstić information content (AvgIpc) is 3.03. The van der Waals surface area contributed by atoms with Crippen molar-refractivity contribution in [3.8, 4) is 0 Å². The standard InChI is InChI=1S/C22H24N2O/c1-2-13-24-22(18-11-7-4-8-12-18)20-16-25-15-19(21(20)23-24)14-17-9-5-3-6-10-17/h3-12,14,20,22H,2,13,15-16H2,1H3/b19-14-. The maximum Gasteiger partial charge on any atom is 0.0826 e. The SMILES string of the molecule is CCCN1N=C2/C(=C\c3ccccc3)COCC2C1c1ccccc1. The number of nitrogens with zero attached hydrogens (tertiary/aromatic N) is 2. The van der Waals surface area contributed by atoms with Gasteiger partial charge in [0.25, 0.3) is 0 Å². The summed E-state index contributed by atoms with van der Waals surface area (Å²) in [5.74, 6) is 0.303. The predicted molar refractivity (Wildman–Crippen MR) is 102 cm³/mol. The summed E-state index contributed by atoms with van der Waals surface area (Å²) in [6.45, 7) is 4.57. The Hall–Kier alpha value is -2.39. The van der Waals surface area contributed by atoms with Crippen LogP contribution in [0.1, 0.15) is 30.5 Å². The van der Waals surface area contributed by atoms with Crippen molar-refractivity contribution in [1.29, 1.82) is 0 Å². The van der Waals surface area contributed by atoms with Gasteiger partial charge < -0.3 is 4.74 Å². The van der Waals surface area contributed by atoms with Gasteiger partial charge in [0.05, 0.1) is 30.9 Å². The molecule has 25 heavy (non-hydrogen) atoms. The van der Waals surface area contributed by atoms with Crippen LogP contribution in [0.2, 0.25) is 0 Å². The van der Waals surface area contributed by atoms with Gasteiger partial charge in [0.1, 0.15) is 0 Å². The van der Waals surface area contributed by atoms with Gasteiger partial charge in [-0.25, -0.2) is 0 Å². The van der Waals surface area contributed by atoms with Crippen LogP contribution in [0.3, 0.4) is 0 Å². The van der Waals surface area contributed by atoms with Crippen molar-refractivity contribution in [3.05, 3.63) is 77.4 Å². The molecular weight excluding hydrogens is 308 g/mol. The lowest BCUT2D eigenvalue weighted by Gasteiger charge is -2.30. The highest BCUT2D eigenvalue weighted by Gasteiger charge is 2.41. The highest BCUT2D eigenvalue weighted by molar-refractivity contribution is 6.07. The van der Waals surface area contributed by atoms with E-state index in [9.17, 15) is 0 Å². The zero-order chi connectivity index (χ0) is 17.1. The molecule has 2 aromatic rings.